The summed E-state index contributed by atoms with van der Waals surface area (Å²) in [4.78, 5) is 0. The van der Waals surface area contributed by atoms with E-state index >= 15 is 0 Å². The van der Waals surface area contributed by atoms with E-state index in [1.165, 1.54) is 0 Å². The molecule has 1 aliphatic heterocycles. The lowest BCUT2D eigenvalue weighted by atomic mass is 10.2. The van der Waals surface area contributed by atoms with Crippen LogP contribution in [0.25, 0.3) is 0 Å². The number of benzene rings is 1. The monoisotopic (exact) mass is 169 g/mol. The molecule has 1 heterocycles. The van der Waals surface area contributed by atoms with E-state index in [1.807, 2.05) is 18.2 Å². The van der Waals surface area contributed by atoms with Crippen LogP contribution in [0.5, 0.6) is 0 Å². The maximum atomic E-state index is 5.85. The Morgan fingerprint density at radius 2 is 1.91 bits per heavy atom. The standard InChI is InChI=1S/C8H6ClO2/c9-7-4-2-1-3-6(7)8-10-5-11-8/h1-4H,5H2. The zero-order valence-corrected chi connectivity index (χ0v) is 6.47. The molecular formula is C8H6ClO2. The smallest absolute Gasteiger partial charge is 0.261 e. The first-order valence-corrected chi connectivity index (χ1v) is 3.63. The van der Waals surface area contributed by atoms with E-state index in [0.717, 1.165) is 5.56 Å². The van der Waals surface area contributed by atoms with Gasteiger partial charge in [0.15, 0.2) is 6.79 Å². The summed E-state index contributed by atoms with van der Waals surface area (Å²) in [5.74, 6) is 0. The van der Waals surface area contributed by atoms with Crippen LogP contribution in [-0.4, -0.2) is 6.79 Å². The molecular weight excluding hydrogens is 164 g/mol. The zero-order chi connectivity index (χ0) is 7.68. The van der Waals surface area contributed by atoms with Crippen molar-refractivity contribution in [3.8, 4) is 0 Å². The van der Waals surface area contributed by atoms with Crippen LogP contribution in [-0.2, 0) is 9.47 Å². The highest BCUT2D eigenvalue weighted by molar-refractivity contribution is 6.31. The molecule has 3 heteroatoms. The summed E-state index contributed by atoms with van der Waals surface area (Å²) >= 11 is 5.85. The molecule has 1 aromatic carbocycles. The van der Waals surface area contributed by atoms with E-state index in [9.17, 15) is 0 Å². The molecule has 11 heavy (non-hydrogen) atoms. The molecule has 0 unspecified atom stereocenters. The summed E-state index contributed by atoms with van der Waals surface area (Å²) in [6.45, 7) is 0.334. The van der Waals surface area contributed by atoms with Crippen molar-refractivity contribution in [2.45, 2.75) is 0 Å². The normalized spacial score (nSPS) is 17.9. The Kier molecular flexibility index (Phi) is 1.82. The van der Waals surface area contributed by atoms with E-state index < -0.39 is 0 Å². The highest BCUT2D eigenvalue weighted by Gasteiger charge is 2.25. The highest BCUT2D eigenvalue weighted by Crippen LogP contribution is 2.30. The zero-order valence-electron chi connectivity index (χ0n) is 5.71. The van der Waals surface area contributed by atoms with Gasteiger partial charge in [0.2, 0.25) is 0 Å². The van der Waals surface area contributed by atoms with Crippen molar-refractivity contribution in [3.63, 3.8) is 0 Å². The van der Waals surface area contributed by atoms with Gasteiger partial charge in [-0.05, 0) is 6.07 Å². The van der Waals surface area contributed by atoms with Gasteiger partial charge < -0.3 is 9.47 Å². The maximum Gasteiger partial charge on any atom is 0.261 e. The van der Waals surface area contributed by atoms with Crippen LogP contribution >= 0.6 is 11.6 Å². The summed E-state index contributed by atoms with van der Waals surface area (Å²) in [5.41, 5.74) is 0.820. The Morgan fingerprint density at radius 3 is 2.45 bits per heavy atom. The Balaban J connectivity index is 2.28. The number of halogens is 1. The number of hydrogen-bond acceptors (Lipinski definition) is 2. The Morgan fingerprint density at radius 1 is 1.18 bits per heavy atom. The van der Waals surface area contributed by atoms with E-state index in [4.69, 9.17) is 21.1 Å². The second-order valence-corrected chi connectivity index (χ2v) is 2.58. The van der Waals surface area contributed by atoms with Crippen LogP contribution in [0, 0.1) is 6.29 Å². The van der Waals surface area contributed by atoms with Crippen molar-refractivity contribution in [1.82, 2.24) is 0 Å². The third kappa shape index (κ3) is 1.25. The molecule has 0 aliphatic carbocycles. The molecule has 0 N–H and O–H groups in total. The SMILES string of the molecule is Clc1ccccc1[C]1OCO1. The topological polar surface area (TPSA) is 18.5 Å². The lowest BCUT2D eigenvalue weighted by Gasteiger charge is -2.25. The molecule has 1 saturated heterocycles. The van der Waals surface area contributed by atoms with Gasteiger partial charge in [0.25, 0.3) is 6.29 Å². The second kappa shape index (κ2) is 2.81. The average Bonchev–Trinajstić information content (AvgIpc) is 1.90. The molecule has 1 aliphatic rings. The third-order valence-corrected chi connectivity index (χ3v) is 1.80. The van der Waals surface area contributed by atoms with Gasteiger partial charge >= 0.3 is 0 Å². The van der Waals surface area contributed by atoms with Gasteiger partial charge in [-0.1, -0.05) is 29.8 Å². The summed E-state index contributed by atoms with van der Waals surface area (Å²) in [6.07, 6.45) is 0.524. The minimum Gasteiger partial charge on any atom is -0.314 e. The summed E-state index contributed by atoms with van der Waals surface area (Å²) in [6, 6.07) is 7.41. The molecule has 57 valence electrons. The van der Waals surface area contributed by atoms with E-state index in [0.29, 0.717) is 18.1 Å². The summed E-state index contributed by atoms with van der Waals surface area (Å²) in [7, 11) is 0. The van der Waals surface area contributed by atoms with Crippen LogP contribution in [0.1, 0.15) is 5.56 Å². The fourth-order valence-electron chi connectivity index (χ4n) is 0.900. The molecule has 1 fully saturated rings. The van der Waals surface area contributed by atoms with Gasteiger partial charge in [-0.15, -0.1) is 0 Å². The second-order valence-electron chi connectivity index (χ2n) is 2.17. The highest BCUT2D eigenvalue weighted by atomic mass is 35.5. The van der Waals surface area contributed by atoms with E-state index in [2.05, 4.69) is 0 Å². The fraction of sp³-hybridized carbons (Fsp3) is 0.125. The van der Waals surface area contributed by atoms with Crippen LogP contribution in [0.4, 0.5) is 0 Å². The van der Waals surface area contributed by atoms with Gasteiger partial charge in [-0.25, -0.2) is 0 Å². The van der Waals surface area contributed by atoms with Gasteiger partial charge in [-0.3, -0.25) is 0 Å². The quantitative estimate of drug-likeness (QED) is 0.642. The van der Waals surface area contributed by atoms with Gasteiger partial charge in [-0.2, -0.15) is 0 Å². The molecule has 1 aromatic rings. The molecule has 0 saturated carbocycles. The van der Waals surface area contributed by atoms with Crippen molar-refractivity contribution in [3.05, 3.63) is 41.1 Å². The van der Waals surface area contributed by atoms with Crippen molar-refractivity contribution in [2.24, 2.45) is 0 Å². The van der Waals surface area contributed by atoms with Gasteiger partial charge in [0.1, 0.15) is 0 Å². The first-order valence-electron chi connectivity index (χ1n) is 3.25. The van der Waals surface area contributed by atoms with E-state index in [-0.39, 0.29) is 0 Å². The summed E-state index contributed by atoms with van der Waals surface area (Å²) in [5, 5.41) is 0.655. The average molecular weight is 170 g/mol. The first-order chi connectivity index (χ1) is 5.38. The molecule has 0 amide bonds. The van der Waals surface area contributed by atoms with Crippen molar-refractivity contribution in [2.75, 3.05) is 6.79 Å². The van der Waals surface area contributed by atoms with Crippen LogP contribution in [0.3, 0.4) is 0 Å². The van der Waals surface area contributed by atoms with Crippen LogP contribution in [0.2, 0.25) is 5.02 Å². The fourth-order valence-corrected chi connectivity index (χ4v) is 1.11. The Labute approximate surface area is 69.7 Å². The molecule has 0 atom stereocenters. The molecule has 1 radical (unpaired) electrons. The molecule has 2 nitrogen and oxygen atoms in total. The molecule has 0 bridgehead atoms. The number of ether oxygens (including phenoxy) is 2. The van der Waals surface area contributed by atoms with Crippen LogP contribution in [0.15, 0.2) is 24.3 Å². The molecule has 0 aromatic heterocycles. The van der Waals surface area contributed by atoms with Crippen molar-refractivity contribution < 1.29 is 9.47 Å². The lowest BCUT2D eigenvalue weighted by molar-refractivity contribution is -0.219. The first kappa shape index (κ1) is 7.10. The molecule has 2 rings (SSSR count). The number of hydrogen-bond donors (Lipinski definition) is 0. The minimum absolute atomic E-state index is 0.334. The largest absolute Gasteiger partial charge is 0.314 e. The Hall–Kier alpha value is -0.570. The lowest BCUT2D eigenvalue weighted by Crippen LogP contribution is -2.23. The number of rotatable bonds is 1. The predicted molar refractivity (Wildman–Crippen MR) is 40.8 cm³/mol. The van der Waals surface area contributed by atoms with E-state index in [1.54, 1.807) is 6.07 Å². The predicted octanol–water partition coefficient (Wildman–Crippen LogP) is 2.18. The van der Waals surface area contributed by atoms with Crippen molar-refractivity contribution in [1.29, 1.82) is 0 Å². The third-order valence-electron chi connectivity index (χ3n) is 1.47. The van der Waals surface area contributed by atoms with Gasteiger partial charge in [0, 0.05) is 10.6 Å². The molecule has 0 spiro atoms. The van der Waals surface area contributed by atoms with Crippen LogP contribution < -0.4 is 0 Å². The van der Waals surface area contributed by atoms with Gasteiger partial charge in [0.05, 0.1) is 0 Å². The summed E-state index contributed by atoms with van der Waals surface area (Å²) < 4.78 is 10.0. The Bertz CT molecular complexity index is 258. The maximum absolute atomic E-state index is 5.85. The minimum atomic E-state index is 0.334. The van der Waals surface area contributed by atoms with Crippen molar-refractivity contribution >= 4 is 11.6 Å².